The van der Waals surface area contributed by atoms with E-state index < -0.39 is 17.8 Å². The summed E-state index contributed by atoms with van der Waals surface area (Å²) in [6.45, 7) is 5.91. The molecule has 200 valence electrons. The van der Waals surface area contributed by atoms with Gasteiger partial charge in [-0.1, -0.05) is 35.4 Å². The average Bonchev–Trinajstić information content (AvgIpc) is 2.89. The highest BCUT2D eigenvalue weighted by atomic mass is 35.5. The third kappa shape index (κ3) is 6.45. The minimum absolute atomic E-state index is 0.173. The van der Waals surface area contributed by atoms with Gasteiger partial charge in [0.25, 0.3) is 17.7 Å². The number of urea groups is 1. The number of hydrogen-bond donors (Lipinski definition) is 2. The van der Waals surface area contributed by atoms with Crippen LogP contribution in [0.15, 0.2) is 66.2 Å². The predicted molar refractivity (Wildman–Crippen MR) is 148 cm³/mol. The van der Waals surface area contributed by atoms with E-state index in [-0.39, 0.29) is 34.5 Å². The second-order valence-corrected chi connectivity index (χ2v) is 9.14. The Morgan fingerprint density at radius 1 is 1.00 bits per heavy atom. The lowest BCUT2D eigenvalue weighted by Crippen LogP contribution is -2.54. The first-order valence-corrected chi connectivity index (χ1v) is 12.5. The van der Waals surface area contributed by atoms with E-state index >= 15 is 0 Å². The van der Waals surface area contributed by atoms with Crippen molar-refractivity contribution in [1.29, 1.82) is 0 Å². The van der Waals surface area contributed by atoms with E-state index in [1.54, 1.807) is 30.3 Å². The van der Waals surface area contributed by atoms with Crippen LogP contribution in [0.4, 0.5) is 16.2 Å². The summed E-state index contributed by atoms with van der Waals surface area (Å²) in [5.74, 6) is -1.13. The Morgan fingerprint density at radius 3 is 2.41 bits per heavy atom. The molecule has 1 aliphatic rings. The molecule has 0 unspecified atom stereocenters. The number of carbonyl (C=O) groups is 4. The van der Waals surface area contributed by atoms with Crippen LogP contribution in [-0.2, 0) is 14.4 Å². The number of benzene rings is 3. The van der Waals surface area contributed by atoms with Crippen molar-refractivity contribution >= 4 is 52.8 Å². The van der Waals surface area contributed by atoms with Gasteiger partial charge in [-0.3, -0.25) is 19.7 Å². The number of imide groups is 2. The molecule has 3 aromatic rings. The third-order valence-corrected chi connectivity index (χ3v) is 6.08. The highest BCUT2D eigenvalue weighted by Gasteiger charge is 2.36. The van der Waals surface area contributed by atoms with Crippen LogP contribution in [-0.4, -0.2) is 37.0 Å². The molecule has 0 saturated carbocycles. The number of nitrogens with one attached hydrogen (secondary N) is 2. The number of aryl methyl sites for hydroxylation is 2. The molecule has 1 fully saturated rings. The maximum atomic E-state index is 13.1. The number of ether oxygens (including phenoxy) is 2. The minimum atomic E-state index is -0.854. The number of halogens is 1. The van der Waals surface area contributed by atoms with Crippen LogP contribution in [0.1, 0.15) is 23.6 Å². The van der Waals surface area contributed by atoms with Crippen molar-refractivity contribution in [3.8, 4) is 11.5 Å². The molecule has 10 heteroatoms. The molecule has 3 aromatic carbocycles. The minimum Gasteiger partial charge on any atom is -0.494 e. The Bertz CT molecular complexity index is 1480. The van der Waals surface area contributed by atoms with Gasteiger partial charge in [-0.25, -0.2) is 9.69 Å². The van der Waals surface area contributed by atoms with Crippen LogP contribution < -0.4 is 25.0 Å². The van der Waals surface area contributed by atoms with E-state index in [2.05, 4.69) is 10.6 Å². The zero-order chi connectivity index (χ0) is 28.1. The normalized spacial score (nSPS) is 14.3. The first-order chi connectivity index (χ1) is 18.7. The zero-order valence-electron chi connectivity index (χ0n) is 21.5. The van der Waals surface area contributed by atoms with E-state index in [4.69, 9.17) is 21.1 Å². The number of nitrogens with zero attached hydrogens (tertiary/aromatic N) is 1. The summed E-state index contributed by atoms with van der Waals surface area (Å²) < 4.78 is 11.0. The van der Waals surface area contributed by atoms with Gasteiger partial charge < -0.3 is 14.8 Å². The summed E-state index contributed by atoms with van der Waals surface area (Å²) in [5, 5.41) is 5.15. The fraction of sp³-hybridized carbons (Fsp3) is 0.172. The van der Waals surface area contributed by atoms with Gasteiger partial charge >= 0.3 is 6.03 Å². The average molecular weight is 548 g/mol. The summed E-state index contributed by atoms with van der Waals surface area (Å²) in [5.41, 5.74) is 3.16. The number of hydrogen-bond acceptors (Lipinski definition) is 6. The van der Waals surface area contributed by atoms with E-state index in [1.165, 1.54) is 18.2 Å². The van der Waals surface area contributed by atoms with Crippen molar-refractivity contribution in [1.82, 2.24) is 5.32 Å². The van der Waals surface area contributed by atoms with Crippen LogP contribution in [0, 0.1) is 13.8 Å². The van der Waals surface area contributed by atoms with Crippen LogP contribution in [0.2, 0.25) is 5.02 Å². The lowest BCUT2D eigenvalue weighted by molar-refractivity contribution is -0.122. The lowest BCUT2D eigenvalue weighted by Gasteiger charge is -2.26. The number of amides is 5. The van der Waals surface area contributed by atoms with Gasteiger partial charge in [0.2, 0.25) is 0 Å². The molecule has 1 aliphatic heterocycles. The summed E-state index contributed by atoms with van der Waals surface area (Å²) >= 11 is 6.35. The van der Waals surface area contributed by atoms with Gasteiger partial charge in [-0.05, 0) is 80.4 Å². The molecular formula is C29H26ClN3O6. The van der Waals surface area contributed by atoms with Gasteiger partial charge in [-0.15, -0.1) is 0 Å². The monoisotopic (exact) mass is 547 g/mol. The Kier molecular flexibility index (Phi) is 8.31. The molecule has 0 aliphatic carbocycles. The van der Waals surface area contributed by atoms with Crippen molar-refractivity contribution in [3.05, 3.63) is 87.9 Å². The molecule has 0 bridgehead atoms. The molecule has 0 spiro atoms. The first-order valence-electron chi connectivity index (χ1n) is 12.1. The Labute approximate surface area is 230 Å². The second-order valence-electron chi connectivity index (χ2n) is 8.73. The molecule has 1 heterocycles. The molecule has 0 radical (unpaired) electrons. The summed E-state index contributed by atoms with van der Waals surface area (Å²) in [7, 11) is 0. The molecule has 0 atom stereocenters. The van der Waals surface area contributed by atoms with E-state index in [0.29, 0.717) is 23.6 Å². The van der Waals surface area contributed by atoms with Gasteiger partial charge in [0.15, 0.2) is 6.61 Å². The first kappa shape index (κ1) is 27.4. The molecule has 9 nitrogen and oxygen atoms in total. The van der Waals surface area contributed by atoms with E-state index in [9.17, 15) is 19.2 Å². The fourth-order valence-corrected chi connectivity index (χ4v) is 4.17. The van der Waals surface area contributed by atoms with Crippen LogP contribution in [0.5, 0.6) is 11.5 Å². The number of barbiturate groups is 1. The highest BCUT2D eigenvalue weighted by Crippen LogP contribution is 2.28. The topological polar surface area (TPSA) is 114 Å². The maximum absolute atomic E-state index is 13.1. The van der Waals surface area contributed by atoms with Crippen LogP contribution in [0.25, 0.3) is 6.08 Å². The summed E-state index contributed by atoms with van der Waals surface area (Å²) in [6.07, 6.45) is 1.33. The lowest BCUT2D eigenvalue weighted by atomic mass is 10.1. The highest BCUT2D eigenvalue weighted by molar-refractivity contribution is 6.39. The molecule has 4 rings (SSSR count). The van der Waals surface area contributed by atoms with Gasteiger partial charge in [0.05, 0.1) is 17.3 Å². The van der Waals surface area contributed by atoms with E-state index in [0.717, 1.165) is 16.0 Å². The molecule has 2 N–H and O–H groups in total. The Hall–Kier alpha value is -4.63. The SMILES string of the molecule is CCOc1ccc(N2C(=O)NC(=O)/C(=C\c3ccc(OCC(=O)Nc4ccc(C)cc4C)c(Cl)c3)C2=O)cc1. The molecule has 0 aromatic heterocycles. The Morgan fingerprint density at radius 2 is 1.74 bits per heavy atom. The standard InChI is InChI=1S/C29H26ClN3O6/c1-4-38-21-9-7-20(8-10-21)33-28(36)22(27(35)32-29(33)37)14-19-6-12-25(23(30)15-19)39-16-26(34)31-24-11-5-17(2)13-18(24)3/h5-15H,4,16H2,1-3H3,(H,31,34)(H,32,35,37)/b22-14+. The van der Waals surface area contributed by atoms with Gasteiger partial charge in [-0.2, -0.15) is 0 Å². The maximum Gasteiger partial charge on any atom is 0.335 e. The van der Waals surface area contributed by atoms with Crippen molar-refractivity contribution in [2.75, 3.05) is 23.4 Å². The quantitative estimate of drug-likeness (QED) is 0.302. The number of anilines is 2. The van der Waals surface area contributed by atoms with E-state index in [1.807, 2.05) is 39.0 Å². The largest absolute Gasteiger partial charge is 0.494 e. The molecular weight excluding hydrogens is 522 g/mol. The van der Waals surface area contributed by atoms with Crippen LogP contribution >= 0.6 is 11.6 Å². The second kappa shape index (κ2) is 11.8. The smallest absolute Gasteiger partial charge is 0.335 e. The van der Waals surface area contributed by atoms with Gasteiger partial charge in [0, 0.05) is 5.69 Å². The van der Waals surface area contributed by atoms with Crippen LogP contribution in [0.3, 0.4) is 0 Å². The van der Waals surface area contributed by atoms with Crippen molar-refractivity contribution in [3.63, 3.8) is 0 Å². The fourth-order valence-electron chi connectivity index (χ4n) is 3.92. The number of carbonyl (C=O) groups excluding carboxylic acids is 4. The molecule has 1 saturated heterocycles. The van der Waals surface area contributed by atoms with Crippen molar-refractivity contribution < 1.29 is 28.7 Å². The zero-order valence-corrected chi connectivity index (χ0v) is 22.3. The molecule has 5 amide bonds. The summed E-state index contributed by atoms with van der Waals surface area (Å²) in [6, 6.07) is 15.8. The summed E-state index contributed by atoms with van der Waals surface area (Å²) in [4.78, 5) is 51.3. The Balaban J connectivity index is 1.46. The van der Waals surface area contributed by atoms with Crippen molar-refractivity contribution in [2.24, 2.45) is 0 Å². The third-order valence-electron chi connectivity index (χ3n) is 5.79. The van der Waals surface area contributed by atoms with Gasteiger partial charge in [0.1, 0.15) is 17.1 Å². The van der Waals surface area contributed by atoms with Crippen molar-refractivity contribution in [2.45, 2.75) is 20.8 Å². The predicted octanol–water partition coefficient (Wildman–Crippen LogP) is 5.04. The molecule has 39 heavy (non-hydrogen) atoms. The number of rotatable bonds is 8.